The third kappa shape index (κ3) is 3.53. The molecule has 1 amide bonds. The molecule has 2 N–H and O–H groups in total. The number of hydrogen-bond donors (Lipinski definition) is 2. The Bertz CT molecular complexity index is 494. The van der Waals surface area contributed by atoms with Crippen molar-refractivity contribution in [2.24, 2.45) is 5.41 Å². The fraction of sp³-hybridized carbons (Fsp3) is 0.588. The molecule has 1 atom stereocenters. The molecule has 2 rings (SSSR count). The van der Waals surface area contributed by atoms with Gasteiger partial charge in [-0.2, -0.15) is 0 Å². The van der Waals surface area contributed by atoms with Gasteiger partial charge in [-0.1, -0.05) is 19.9 Å². The highest BCUT2D eigenvalue weighted by Gasteiger charge is 2.30. The smallest absolute Gasteiger partial charge is 0.251 e. The maximum atomic E-state index is 11.9. The zero-order valence-electron chi connectivity index (χ0n) is 13.0. The van der Waals surface area contributed by atoms with E-state index in [2.05, 4.69) is 31.4 Å². The van der Waals surface area contributed by atoms with Gasteiger partial charge >= 0.3 is 0 Å². The highest BCUT2D eigenvalue weighted by atomic mass is 16.1. The van der Waals surface area contributed by atoms with E-state index in [0.717, 1.165) is 11.3 Å². The van der Waals surface area contributed by atoms with Crippen LogP contribution in [-0.2, 0) is 0 Å². The Morgan fingerprint density at radius 3 is 2.75 bits per heavy atom. The SMILES string of the molecule is CCNC(=O)c1ccc(C)c(NC2CCC(C)(C)C2)c1. The van der Waals surface area contributed by atoms with Crippen molar-refractivity contribution in [2.75, 3.05) is 11.9 Å². The van der Waals surface area contributed by atoms with E-state index in [1.54, 1.807) is 0 Å². The monoisotopic (exact) mass is 274 g/mol. The first-order valence-corrected chi connectivity index (χ1v) is 7.57. The molecule has 110 valence electrons. The molecule has 20 heavy (non-hydrogen) atoms. The van der Waals surface area contributed by atoms with Crippen LogP contribution in [0.2, 0.25) is 0 Å². The lowest BCUT2D eigenvalue weighted by atomic mass is 9.92. The molecule has 1 unspecified atom stereocenters. The first-order valence-electron chi connectivity index (χ1n) is 7.57. The molecule has 0 aliphatic heterocycles. The van der Waals surface area contributed by atoms with Gasteiger partial charge in [0.25, 0.3) is 5.91 Å². The van der Waals surface area contributed by atoms with Gasteiger partial charge < -0.3 is 10.6 Å². The number of benzene rings is 1. The maximum absolute atomic E-state index is 11.9. The molecule has 1 aliphatic rings. The molecule has 1 fully saturated rings. The van der Waals surface area contributed by atoms with Crippen LogP contribution in [0.25, 0.3) is 0 Å². The molecule has 1 aliphatic carbocycles. The number of amides is 1. The molecule has 0 aromatic heterocycles. The Hall–Kier alpha value is -1.51. The highest BCUT2D eigenvalue weighted by Crippen LogP contribution is 2.38. The number of rotatable bonds is 4. The fourth-order valence-electron chi connectivity index (χ4n) is 2.96. The number of nitrogens with one attached hydrogen (secondary N) is 2. The molecule has 1 saturated carbocycles. The third-order valence-electron chi connectivity index (χ3n) is 4.17. The predicted molar refractivity (Wildman–Crippen MR) is 84.2 cm³/mol. The second-order valence-corrected chi connectivity index (χ2v) is 6.64. The van der Waals surface area contributed by atoms with Crippen molar-refractivity contribution >= 4 is 11.6 Å². The summed E-state index contributed by atoms with van der Waals surface area (Å²) in [6, 6.07) is 6.41. The van der Waals surface area contributed by atoms with E-state index in [0.29, 0.717) is 18.0 Å². The summed E-state index contributed by atoms with van der Waals surface area (Å²) in [5, 5.41) is 6.47. The summed E-state index contributed by atoms with van der Waals surface area (Å²) in [6.07, 6.45) is 3.66. The molecule has 0 radical (unpaired) electrons. The Kier molecular flexibility index (Phi) is 4.36. The quantitative estimate of drug-likeness (QED) is 0.878. The van der Waals surface area contributed by atoms with E-state index in [1.165, 1.54) is 24.8 Å². The lowest BCUT2D eigenvalue weighted by Gasteiger charge is -2.20. The molecule has 0 heterocycles. The van der Waals surface area contributed by atoms with Gasteiger partial charge in [-0.05, 0) is 56.2 Å². The van der Waals surface area contributed by atoms with Crippen molar-refractivity contribution in [3.8, 4) is 0 Å². The highest BCUT2D eigenvalue weighted by molar-refractivity contribution is 5.95. The summed E-state index contributed by atoms with van der Waals surface area (Å²) in [5.74, 6) is 0.00213. The van der Waals surface area contributed by atoms with Crippen LogP contribution >= 0.6 is 0 Å². The van der Waals surface area contributed by atoms with Gasteiger partial charge in [0.15, 0.2) is 0 Å². The van der Waals surface area contributed by atoms with Crippen LogP contribution in [-0.4, -0.2) is 18.5 Å². The van der Waals surface area contributed by atoms with Gasteiger partial charge in [0, 0.05) is 23.8 Å². The van der Waals surface area contributed by atoms with E-state index >= 15 is 0 Å². The summed E-state index contributed by atoms with van der Waals surface area (Å²) >= 11 is 0. The average Bonchev–Trinajstić information content (AvgIpc) is 2.72. The molecule has 3 nitrogen and oxygen atoms in total. The van der Waals surface area contributed by atoms with Crippen LogP contribution in [0.1, 0.15) is 56.0 Å². The molecule has 0 saturated heterocycles. The predicted octanol–water partition coefficient (Wildman–Crippen LogP) is 3.74. The van der Waals surface area contributed by atoms with Gasteiger partial charge in [0.1, 0.15) is 0 Å². The first kappa shape index (κ1) is 14.9. The standard InChI is InChI=1S/C17H26N2O/c1-5-18-16(20)13-7-6-12(2)15(10-13)19-14-8-9-17(3,4)11-14/h6-7,10,14,19H,5,8-9,11H2,1-4H3,(H,18,20). The van der Waals surface area contributed by atoms with Crippen molar-refractivity contribution in [3.05, 3.63) is 29.3 Å². The maximum Gasteiger partial charge on any atom is 0.251 e. The fourth-order valence-corrected chi connectivity index (χ4v) is 2.96. The summed E-state index contributed by atoms with van der Waals surface area (Å²) in [5.41, 5.74) is 3.46. The Morgan fingerprint density at radius 2 is 2.15 bits per heavy atom. The topological polar surface area (TPSA) is 41.1 Å². The van der Waals surface area contributed by atoms with Crippen LogP contribution in [0, 0.1) is 12.3 Å². The first-order chi connectivity index (χ1) is 9.41. The minimum absolute atomic E-state index is 0.00213. The number of carbonyl (C=O) groups is 1. The minimum Gasteiger partial charge on any atom is -0.382 e. The molecule has 3 heteroatoms. The second-order valence-electron chi connectivity index (χ2n) is 6.64. The van der Waals surface area contributed by atoms with Crippen molar-refractivity contribution in [1.29, 1.82) is 0 Å². The number of hydrogen-bond acceptors (Lipinski definition) is 2. The van der Waals surface area contributed by atoms with E-state index in [9.17, 15) is 4.79 Å². The summed E-state index contributed by atoms with van der Waals surface area (Å²) in [7, 11) is 0. The van der Waals surface area contributed by atoms with E-state index in [-0.39, 0.29) is 5.91 Å². The van der Waals surface area contributed by atoms with Gasteiger partial charge in [-0.15, -0.1) is 0 Å². The van der Waals surface area contributed by atoms with Gasteiger partial charge in [-0.25, -0.2) is 0 Å². The van der Waals surface area contributed by atoms with Crippen LogP contribution in [0.5, 0.6) is 0 Å². The zero-order valence-corrected chi connectivity index (χ0v) is 13.0. The number of anilines is 1. The molecule has 0 spiro atoms. The summed E-state index contributed by atoms with van der Waals surface area (Å²) < 4.78 is 0. The minimum atomic E-state index is 0.00213. The molecular formula is C17H26N2O. The van der Waals surface area contributed by atoms with E-state index < -0.39 is 0 Å². The lowest BCUT2D eigenvalue weighted by Crippen LogP contribution is -2.23. The normalized spacial score (nSPS) is 20.7. The van der Waals surface area contributed by atoms with Gasteiger partial charge in [0.2, 0.25) is 0 Å². The third-order valence-corrected chi connectivity index (χ3v) is 4.17. The summed E-state index contributed by atoms with van der Waals surface area (Å²) in [6.45, 7) is 9.33. The van der Waals surface area contributed by atoms with E-state index in [1.807, 2.05) is 25.1 Å². The Morgan fingerprint density at radius 1 is 1.40 bits per heavy atom. The molecule has 1 aromatic rings. The van der Waals surface area contributed by atoms with Gasteiger partial charge in [-0.3, -0.25) is 4.79 Å². The largest absolute Gasteiger partial charge is 0.382 e. The zero-order chi connectivity index (χ0) is 14.8. The van der Waals surface area contributed by atoms with Crippen LogP contribution in [0.15, 0.2) is 18.2 Å². The number of aryl methyl sites for hydroxylation is 1. The van der Waals surface area contributed by atoms with E-state index in [4.69, 9.17) is 0 Å². The molecular weight excluding hydrogens is 248 g/mol. The Labute approximate surface area is 122 Å². The summed E-state index contributed by atoms with van der Waals surface area (Å²) in [4.78, 5) is 11.9. The molecule has 0 bridgehead atoms. The van der Waals surface area contributed by atoms with Crippen LogP contribution < -0.4 is 10.6 Å². The molecule has 1 aromatic carbocycles. The van der Waals surface area contributed by atoms with Crippen molar-refractivity contribution in [1.82, 2.24) is 5.32 Å². The Balaban J connectivity index is 2.11. The van der Waals surface area contributed by atoms with Crippen LogP contribution in [0.3, 0.4) is 0 Å². The van der Waals surface area contributed by atoms with Crippen molar-refractivity contribution in [2.45, 2.75) is 53.0 Å². The van der Waals surface area contributed by atoms with Crippen molar-refractivity contribution in [3.63, 3.8) is 0 Å². The average molecular weight is 274 g/mol. The van der Waals surface area contributed by atoms with Crippen molar-refractivity contribution < 1.29 is 4.79 Å². The lowest BCUT2D eigenvalue weighted by molar-refractivity contribution is 0.0956. The number of carbonyl (C=O) groups excluding carboxylic acids is 1. The second kappa shape index (κ2) is 5.86. The van der Waals surface area contributed by atoms with Gasteiger partial charge in [0.05, 0.1) is 0 Å². The van der Waals surface area contributed by atoms with Crippen LogP contribution in [0.4, 0.5) is 5.69 Å².